The second kappa shape index (κ2) is 6.06. The fourth-order valence-electron chi connectivity index (χ4n) is 2.86. The molecule has 104 valence electrons. The van der Waals surface area contributed by atoms with Crippen LogP contribution < -0.4 is 5.32 Å². The van der Waals surface area contributed by atoms with Crippen molar-refractivity contribution in [2.75, 3.05) is 13.6 Å². The van der Waals surface area contributed by atoms with E-state index in [1.165, 1.54) is 5.56 Å². The van der Waals surface area contributed by atoms with Gasteiger partial charge in [0.2, 0.25) is 5.91 Å². The van der Waals surface area contributed by atoms with E-state index in [4.69, 9.17) is 0 Å². The van der Waals surface area contributed by atoms with Gasteiger partial charge in [0, 0.05) is 13.1 Å². The molecule has 0 saturated carbocycles. The van der Waals surface area contributed by atoms with Crippen LogP contribution in [0, 0.1) is 0 Å². The second-order valence-corrected chi connectivity index (χ2v) is 5.23. The molecule has 1 aromatic carbocycles. The van der Waals surface area contributed by atoms with Crippen molar-refractivity contribution in [3.8, 4) is 5.75 Å². The molecule has 0 bridgehead atoms. The maximum absolute atomic E-state index is 11.8. The minimum Gasteiger partial charge on any atom is -0.508 e. The van der Waals surface area contributed by atoms with Crippen LogP contribution in [-0.2, 0) is 11.2 Å². The zero-order chi connectivity index (χ0) is 13.8. The van der Waals surface area contributed by atoms with Gasteiger partial charge in [-0.2, -0.15) is 0 Å². The van der Waals surface area contributed by atoms with Crippen molar-refractivity contribution in [3.05, 3.63) is 29.8 Å². The molecule has 1 amide bonds. The van der Waals surface area contributed by atoms with Gasteiger partial charge in [0.05, 0.1) is 6.04 Å². The van der Waals surface area contributed by atoms with E-state index in [1.807, 2.05) is 12.1 Å². The molecule has 2 rings (SSSR count). The van der Waals surface area contributed by atoms with Gasteiger partial charge in [-0.1, -0.05) is 12.1 Å². The SMILES string of the molecule is CNC(=O)C1CCCN1C(C)Cc1ccc(O)cc1. The number of phenolic OH excluding ortho intramolecular Hbond substituents is 1. The van der Waals surface area contributed by atoms with Gasteiger partial charge in [0.15, 0.2) is 0 Å². The quantitative estimate of drug-likeness (QED) is 0.865. The summed E-state index contributed by atoms with van der Waals surface area (Å²) in [6.45, 7) is 3.14. The van der Waals surface area contributed by atoms with Crippen LogP contribution >= 0.6 is 0 Å². The molecule has 0 aliphatic carbocycles. The molecule has 0 radical (unpaired) electrons. The van der Waals surface area contributed by atoms with Crippen molar-refractivity contribution < 1.29 is 9.90 Å². The highest BCUT2D eigenvalue weighted by atomic mass is 16.3. The Balaban J connectivity index is 2.00. The molecule has 4 nitrogen and oxygen atoms in total. The number of aromatic hydroxyl groups is 1. The molecule has 2 unspecified atom stereocenters. The number of carbonyl (C=O) groups excluding carboxylic acids is 1. The molecule has 1 aliphatic heterocycles. The fourth-order valence-corrected chi connectivity index (χ4v) is 2.86. The molecule has 1 saturated heterocycles. The molecule has 1 heterocycles. The molecule has 1 fully saturated rings. The fraction of sp³-hybridized carbons (Fsp3) is 0.533. The number of benzene rings is 1. The first-order valence-corrected chi connectivity index (χ1v) is 6.87. The van der Waals surface area contributed by atoms with Crippen LogP contribution in [0.15, 0.2) is 24.3 Å². The van der Waals surface area contributed by atoms with Crippen LogP contribution in [-0.4, -0.2) is 41.6 Å². The predicted octanol–water partition coefficient (Wildman–Crippen LogP) is 1.53. The largest absolute Gasteiger partial charge is 0.508 e. The van der Waals surface area contributed by atoms with Crippen LogP contribution in [0.1, 0.15) is 25.3 Å². The molecular formula is C15H22N2O2. The van der Waals surface area contributed by atoms with E-state index in [1.54, 1.807) is 19.2 Å². The Bertz CT molecular complexity index is 430. The molecule has 1 aliphatic rings. The summed E-state index contributed by atoms with van der Waals surface area (Å²) in [4.78, 5) is 14.1. The molecule has 2 atom stereocenters. The van der Waals surface area contributed by atoms with Crippen LogP contribution in [0.25, 0.3) is 0 Å². The predicted molar refractivity (Wildman–Crippen MR) is 75.1 cm³/mol. The van der Waals surface area contributed by atoms with E-state index in [0.717, 1.165) is 25.8 Å². The Kier molecular flexibility index (Phi) is 4.43. The first-order chi connectivity index (χ1) is 9.11. The standard InChI is InChI=1S/C15H22N2O2/c1-11(10-12-5-7-13(18)8-6-12)17-9-3-4-14(17)15(19)16-2/h5-8,11,14,18H,3-4,9-10H2,1-2H3,(H,16,19). The smallest absolute Gasteiger partial charge is 0.237 e. The Labute approximate surface area is 114 Å². The average Bonchev–Trinajstić information content (AvgIpc) is 2.90. The third-order valence-electron chi connectivity index (χ3n) is 3.88. The van der Waals surface area contributed by atoms with Crippen molar-refractivity contribution in [1.29, 1.82) is 0 Å². The number of amides is 1. The average molecular weight is 262 g/mol. The van der Waals surface area contributed by atoms with Crippen molar-refractivity contribution in [2.45, 2.75) is 38.3 Å². The number of rotatable bonds is 4. The lowest BCUT2D eigenvalue weighted by Crippen LogP contribution is -2.46. The van der Waals surface area contributed by atoms with Gasteiger partial charge in [-0.3, -0.25) is 9.69 Å². The highest BCUT2D eigenvalue weighted by Crippen LogP contribution is 2.22. The third-order valence-corrected chi connectivity index (χ3v) is 3.88. The molecule has 1 aromatic rings. The minimum atomic E-state index is 0.0112. The summed E-state index contributed by atoms with van der Waals surface area (Å²) in [6.07, 6.45) is 2.92. The van der Waals surface area contributed by atoms with E-state index in [0.29, 0.717) is 11.8 Å². The van der Waals surface area contributed by atoms with Crippen molar-refractivity contribution in [2.24, 2.45) is 0 Å². The Hall–Kier alpha value is -1.55. The number of hydrogen-bond acceptors (Lipinski definition) is 3. The number of nitrogens with zero attached hydrogens (tertiary/aromatic N) is 1. The number of likely N-dealkylation sites (tertiary alicyclic amines) is 1. The topological polar surface area (TPSA) is 52.6 Å². The summed E-state index contributed by atoms with van der Waals surface area (Å²) in [5.41, 5.74) is 1.19. The van der Waals surface area contributed by atoms with Gasteiger partial charge < -0.3 is 10.4 Å². The minimum absolute atomic E-state index is 0.0112. The lowest BCUT2D eigenvalue weighted by molar-refractivity contribution is -0.125. The molecule has 2 N–H and O–H groups in total. The van der Waals surface area contributed by atoms with E-state index in [9.17, 15) is 9.90 Å². The zero-order valence-electron chi connectivity index (χ0n) is 11.6. The van der Waals surface area contributed by atoms with Gasteiger partial charge >= 0.3 is 0 Å². The number of carbonyl (C=O) groups is 1. The van der Waals surface area contributed by atoms with Crippen molar-refractivity contribution in [1.82, 2.24) is 10.2 Å². The maximum atomic E-state index is 11.8. The summed E-state index contributed by atoms with van der Waals surface area (Å²) in [7, 11) is 1.70. The van der Waals surface area contributed by atoms with Crippen LogP contribution in [0.5, 0.6) is 5.75 Å². The summed E-state index contributed by atoms with van der Waals surface area (Å²) in [6, 6.07) is 7.64. The number of nitrogens with one attached hydrogen (secondary N) is 1. The maximum Gasteiger partial charge on any atom is 0.237 e. The summed E-state index contributed by atoms with van der Waals surface area (Å²) >= 11 is 0. The van der Waals surface area contributed by atoms with E-state index in [-0.39, 0.29) is 11.9 Å². The monoisotopic (exact) mass is 262 g/mol. The van der Waals surface area contributed by atoms with E-state index in [2.05, 4.69) is 17.1 Å². The Morgan fingerprint density at radius 3 is 2.79 bits per heavy atom. The Morgan fingerprint density at radius 2 is 2.16 bits per heavy atom. The van der Waals surface area contributed by atoms with Crippen LogP contribution in [0.4, 0.5) is 0 Å². The third kappa shape index (κ3) is 3.26. The van der Waals surface area contributed by atoms with Gasteiger partial charge in [0.25, 0.3) is 0 Å². The van der Waals surface area contributed by atoms with Crippen molar-refractivity contribution in [3.63, 3.8) is 0 Å². The van der Waals surface area contributed by atoms with E-state index >= 15 is 0 Å². The molecule has 0 aromatic heterocycles. The zero-order valence-corrected chi connectivity index (χ0v) is 11.6. The molecule has 4 heteroatoms. The van der Waals surface area contributed by atoms with Gasteiger partial charge in [-0.05, 0) is 50.4 Å². The Morgan fingerprint density at radius 1 is 1.47 bits per heavy atom. The highest BCUT2D eigenvalue weighted by molar-refractivity contribution is 5.81. The van der Waals surface area contributed by atoms with Crippen molar-refractivity contribution >= 4 is 5.91 Å². The summed E-state index contributed by atoms with van der Waals surface area (Å²) in [5.74, 6) is 0.413. The molecule has 0 spiro atoms. The lowest BCUT2D eigenvalue weighted by Gasteiger charge is -2.29. The number of phenols is 1. The number of likely N-dealkylation sites (N-methyl/N-ethyl adjacent to an activating group) is 1. The van der Waals surface area contributed by atoms with Crippen LogP contribution in [0.2, 0.25) is 0 Å². The normalized spacial score (nSPS) is 21.3. The lowest BCUT2D eigenvalue weighted by atomic mass is 10.0. The second-order valence-electron chi connectivity index (χ2n) is 5.23. The first kappa shape index (κ1) is 13.9. The molecular weight excluding hydrogens is 240 g/mol. The summed E-state index contributed by atoms with van der Waals surface area (Å²) in [5, 5.41) is 12.0. The highest BCUT2D eigenvalue weighted by Gasteiger charge is 2.32. The van der Waals surface area contributed by atoms with E-state index < -0.39 is 0 Å². The van der Waals surface area contributed by atoms with Gasteiger partial charge in [-0.15, -0.1) is 0 Å². The van der Waals surface area contributed by atoms with Gasteiger partial charge in [-0.25, -0.2) is 0 Å². The van der Waals surface area contributed by atoms with Crippen LogP contribution in [0.3, 0.4) is 0 Å². The molecule has 19 heavy (non-hydrogen) atoms. The first-order valence-electron chi connectivity index (χ1n) is 6.87. The number of hydrogen-bond donors (Lipinski definition) is 2. The van der Waals surface area contributed by atoms with Gasteiger partial charge in [0.1, 0.15) is 5.75 Å². The summed E-state index contributed by atoms with van der Waals surface area (Å²) < 4.78 is 0.